The Morgan fingerprint density at radius 1 is 1.29 bits per heavy atom. The van der Waals surface area contributed by atoms with Gasteiger partial charge in [0.1, 0.15) is 17.3 Å². The maximum atomic E-state index is 14.1. The van der Waals surface area contributed by atoms with Crippen molar-refractivity contribution in [1.29, 1.82) is 0 Å². The largest absolute Gasteiger partial charge is 0.468 e. The van der Waals surface area contributed by atoms with Crippen LogP contribution >= 0.6 is 0 Å². The number of likely N-dealkylation sites (N-methyl/N-ethyl adjacent to an activating group) is 1. The van der Waals surface area contributed by atoms with Crippen LogP contribution in [0, 0.1) is 12.7 Å². The van der Waals surface area contributed by atoms with Crippen LogP contribution in [0.4, 0.5) is 4.39 Å². The molecule has 1 unspecified atom stereocenters. The number of nitrogens with zero attached hydrogens (tertiary/aromatic N) is 3. The number of benzene rings is 1. The van der Waals surface area contributed by atoms with Gasteiger partial charge in [-0.3, -0.25) is 14.5 Å². The quantitative estimate of drug-likeness (QED) is 0.705. The normalized spacial score (nSPS) is 12.2. The molecule has 1 aromatic carbocycles. The number of para-hydroxylation sites is 1. The summed E-state index contributed by atoms with van der Waals surface area (Å²) in [7, 11) is 3.71. The number of halogens is 1. The minimum atomic E-state index is -0.631. The highest BCUT2D eigenvalue weighted by molar-refractivity contribution is 5.92. The molecule has 8 heteroatoms. The van der Waals surface area contributed by atoms with E-state index in [-0.39, 0.29) is 24.0 Å². The van der Waals surface area contributed by atoms with Crippen molar-refractivity contribution >= 4 is 5.91 Å². The maximum absolute atomic E-state index is 14.1. The van der Waals surface area contributed by atoms with E-state index in [1.165, 1.54) is 22.9 Å². The number of aromatic nitrogens is 2. The van der Waals surface area contributed by atoms with Crippen LogP contribution in [-0.4, -0.2) is 41.2 Å². The molecule has 0 aliphatic rings. The first-order valence-corrected chi connectivity index (χ1v) is 8.72. The number of aryl methyl sites for hydroxylation is 1. The monoisotopic (exact) mass is 384 g/mol. The number of hydrogen-bond donors (Lipinski definition) is 1. The Balaban J connectivity index is 1.87. The van der Waals surface area contributed by atoms with Gasteiger partial charge in [0.2, 0.25) is 5.43 Å². The van der Waals surface area contributed by atoms with Crippen LogP contribution in [0.1, 0.15) is 28.0 Å². The van der Waals surface area contributed by atoms with Crippen LogP contribution in [0.2, 0.25) is 0 Å². The third-order valence-corrected chi connectivity index (χ3v) is 4.35. The molecule has 0 bridgehead atoms. The summed E-state index contributed by atoms with van der Waals surface area (Å²) in [5, 5.41) is 6.82. The summed E-state index contributed by atoms with van der Waals surface area (Å²) < 4.78 is 20.8. The molecule has 0 saturated heterocycles. The first kappa shape index (κ1) is 19.5. The zero-order chi connectivity index (χ0) is 20.3. The van der Waals surface area contributed by atoms with Crippen molar-refractivity contribution < 1.29 is 13.6 Å². The predicted octanol–water partition coefficient (Wildman–Crippen LogP) is 2.31. The van der Waals surface area contributed by atoms with E-state index in [1.54, 1.807) is 31.4 Å². The molecule has 3 aromatic rings. The van der Waals surface area contributed by atoms with Crippen molar-refractivity contribution in [3.63, 3.8) is 0 Å². The van der Waals surface area contributed by atoms with Gasteiger partial charge in [0.15, 0.2) is 5.69 Å². The Hall–Kier alpha value is -3.26. The Morgan fingerprint density at radius 3 is 2.68 bits per heavy atom. The lowest BCUT2D eigenvalue weighted by atomic mass is 10.2. The fourth-order valence-electron chi connectivity index (χ4n) is 2.86. The highest BCUT2D eigenvalue weighted by atomic mass is 19.1. The summed E-state index contributed by atoms with van der Waals surface area (Å²) in [6.45, 7) is 1.84. The summed E-state index contributed by atoms with van der Waals surface area (Å²) >= 11 is 0. The number of carbonyl (C=O) groups excluding carboxylic acids is 1. The van der Waals surface area contributed by atoms with Gasteiger partial charge in [0.25, 0.3) is 5.91 Å². The van der Waals surface area contributed by atoms with Crippen molar-refractivity contribution in [1.82, 2.24) is 20.0 Å². The standard InChI is InChI=1S/C20H21FN4O3/c1-13-11-17(26)19(23-25(13)15-8-5-4-7-14(15)21)20(27)22-12-16(24(2)3)18-9-6-10-28-18/h4-11,16H,12H2,1-3H3,(H,22,27). The third-order valence-electron chi connectivity index (χ3n) is 4.35. The molecule has 0 aliphatic heterocycles. The highest BCUT2D eigenvalue weighted by Gasteiger charge is 2.21. The second-order valence-electron chi connectivity index (χ2n) is 6.57. The summed E-state index contributed by atoms with van der Waals surface area (Å²) in [4.78, 5) is 26.8. The van der Waals surface area contributed by atoms with Gasteiger partial charge < -0.3 is 9.73 Å². The fourth-order valence-corrected chi connectivity index (χ4v) is 2.86. The summed E-state index contributed by atoms with van der Waals surface area (Å²) in [5.74, 6) is -0.446. The molecule has 0 radical (unpaired) electrons. The summed E-state index contributed by atoms with van der Waals surface area (Å²) in [6.07, 6.45) is 1.56. The molecule has 1 amide bonds. The van der Waals surface area contributed by atoms with Crippen molar-refractivity contribution in [3.05, 3.63) is 81.9 Å². The van der Waals surface area contributed by atoms with E-state index in [4.69, 9.17) is 4.42 Å². The minimum Gasteiger partial charge on any atom is -0.468 e. The first-order valence-electron chi connectivity index (χ1n) is 8.72. The number of furan rings is 1. The van der Waals surface area contributed by atoms with E-state index in [2.05, 4.69) is 10.4 Å². The van der Waals surface area contributed by atoms with E-state index in [1.807, 2.05) is 25.1 Å². The van der Waals surface area contributed by atoms with Crippen molar-refractivity contribution in [2.45, 2.75) is 13.0 Å². The van der Waals surface area contributed by atoms with Gasteiger partial charge in [-0.05, 0) is 45.3 Å². The van der Waals surface area contributed by atoms with Crippen LogP contribution in [0.25, 0.3) is 5.69 Å². The second kappa shape index (κ2) is 8.18. The molecule has 0 aliphatic carbocycles. The Kier molecular flexibility index (Phi) is 5.70. The molecule has 7 nitrogen and oxygen atoms in total. The van der Waals surface area contributed by atoms with Crippen LogP contribution in [-0.2, 0) is 0 Å². The third kappa shape index (κ3) is 4.01. The number of nitrogens with one attached hydrogen (secondary N) is 1. The van der Waals surface area contributed by atoms with Gasteiger partial charge in [-0.2, -0.15) is 5.10 Å². The average molecular weight is 384 g/mol. The minimum absolute atomic E-state index is 0.163. The van der Waals surface area contributed by atoms with E-state index in [0.29, 0.717) is 11.5 Å². The van der Waals surface area contributed by atoms with Crippen molar-refractivity contribution in [2.24, 2.45) is 0 Å². The van der Waals surface area contributed by atoms with Gasteiger partial charge in [-0.1, -0.05) is 12.1 Å². The highest BCUT2D eigenvalue weighted by Crippen LogP contribution is 2.18. The molecule has 2 aromatic heterocycles. The van der Waals surface area contributed by atoms with Gasteiger partial charge in [0.05, 0.1) is 12.3 Å². The van der Waals surface area contributed by atoms with E-state index >= 15 is 0 Å². The lowest BCUT2D eigenvalue weighted by molar-refractivity contribution is 0.0931. The van der Waals surface area contributed by atoms with Crippen LogP contribution in [0.3, 0.4) is 0 Å². The maximum Gasteiger partial charge on any atom is 0.275 e. The molecular weight excluding hydrogens is 363 g/mol. The first-order chi connectivity index (χ1) is 13.4. The average Bonchev–Trinajstić information content (AvgIpc) is 3.17. The van der Waals surface area contributed by atoms with Crippen LogP contribution in [0.15, 0.2) is 57.9 Å². The van der Waals surface area contributed by atoms with Crippen molar-refractivity contribution in [3.8, 4) is 5.69 Å². The van der Waals surface area contributed by atoms with E-state index in [0.717, 1.165) is 0 Å². The van der Waals surface area contributed by atoms with Gasteiger partial charge in [0, 0.05) is 18.3 Å². The molecule has 0 fully saturated rings. The summed E-state index contributed by atoms with van der Waals surface area (Å²) in [6, 6.07) is 10.7. The Morgan fingerprint density at radius 2 is 2.04 bits per heavy atom. The number of amides is 1. The van der Waals surface area contributed by atoms with E-state index < -0.39 is 17.2 Å². The Bertz CT molecular complexity index is 1030. The van der Waals surface area contributed by atoms with Crippen LogP contribution < -0.4 is 10.7 Å². The number of hydrogen-bond acceptors (Lipinski definition) is 5. The molecule has 0 saturated carbocycles. The zero-order valence-corrected chi connectivity index (χ0v) is 15.8. The Labute approximate surface area is 161 Å². The lowest BCUT2D eigenvalue weighted by Crippen LogP contribution is -2.37. The molecule has 3 rings (SSSR count). The molecule has 2 heterocycles. The van der Waals surface area contributed by atoms with Gasteiger partial charge >= 0.3 is 0 Å². The molecule has 1 atom stereocenters. The second-order valence-corrected chi connectivity index (χ2v) is 6.57. The van der Waals surface area contributed by atoms with Crippen molar-refractivity contribution in [2.75, 3.05) is 20.6 Å². The predicted molar refractivity (Wildman–Crippen MR) is 102 cm³/mol. The lowest BCUT2D eigenvalue weighted by Gasteiger charge is -2.22. The number of carbonyl (C=O) groups is 1. The van der Waals surface area contributed by atoms with Gasteiger partial charge in [-0.25, -0.2) is 9.07 Å². The van der Waals surface area contributed by atoms with Gasteiger partial charge in [-0.15, -0.1) is 0 Å². The SMILES string of the molecule is Cc1cc(=O)c(C(=O)NCC(c2ccco2)N(C)C)nn1-c1ccccc1F. The molecular formula is C20H21FN4O3. The van der Waals surface area contributed by atoms with Crippen LogP contribution in [0.5, 0.6) is 0 Å². The topological polar surface area (TPSA) is 80.4 Å². The zero-order valence-electron chi connectivity index (χ0n) is 15.8. The molecule has 1 N–H and O–H groups in total. The molecule has 146 valence electrons. The number of rotatable bonds is 6. The fraction of sp³-hybridized carbons (Fsp3) is 0.250. The summed E-state index contributed by atoms with van der Waals surface area (Å²) in [5.41, 5.74) is -0.239. The van der Waals surface area contributed by atoms with E-state index in [9.17, 15) is 14.0 Å². The molecule has 28 heavy (non-hydrogen) atoms. The smallest absolute Gasteiger partial charge is 0.275 e. The molecule has 0 spiro atoms.